The molecule has 0 radical (unpaired) electrons. The molecule has 8 nitrogen and oxygen atoms in total. The van der Waals surface area contributed by atoms with Crippen molar-refractivity contribution in [2.24, 2.45) is 0 Å². The highest BCUT2D eigenvalue weighted by atomic mass is 16.5. The van der Waals surface area contributed by atoms with E-state index in [2.05, 4.69) is 22.5 Å². The van der Waals surface area contributed by atoms with Gasteiger partial charge in [-0.05, 0) is 29.2 Å². The third-order valence-electron chi connectivity index (χ3n) is 5.23. The lowest BCUT2D eigenvalue weighted by molar-refractivity contribution is -0.143. The number of aliphatic hydroxyl groups excluding tert-OH is 1. The third kappa shape index (κ3) is 5.07. The van der Waals surface area contributed by atoms with Crippen LogP contribution in [0, 0.1) is 11.8 Å². The maximum atomic E-state index is 12.5. The van der Waals surface area contributed by atoms with E-state index in [0.29, 0.717) is 0 Å². The third-order valence-corrected chi connectivity index (χ3v) is 5.23. The molecule has 0 aliphatic heterocycles. The molecule has 4 N–H and O–H groups in total. The fourth-order valence-corrected chi connectivity index (χ4v) is 3.65. The van der Waals surface area contributed by atoms with Crippen molar-refractivity contribution < 1.29 is 29.3 Å². The SMILES string of the molecule is CC#CCC(NC(=O)OCC1c2ccccc2-c2ccccc21)C(=O)NC(CO)C(=O)O. The van der Waals surface area contributed by atoms with Crippen molar-refractivity contribution in [2.45, 2.75) is 31.3 Å². The van der Waals surface area contributed by atoms with Gasteiger partial charge in [-0.2, -0.15) is 0 Å². The van der Waals surface area contributed by atoms with E-state index < -0.39 is 36.7 Å². The molecule has 0 aromatic heterocycles. The minimum Gasteiger partial charge on any atom is -0.480 e. The summed E-state index contributed by atoms with van der Waals surface area (Å²) in [6, 6.07) is 13.2. The van der Waals surface area contributed by atoms with Crippen LogP contribution in [0.2, 0.25) is 0 Å². The van der Waals surface area contributed by atoms with Gasteiger partial charge < -0.3 is 25.6 Å². The van der Waals surface area contributed by atoms with Crippen LogP contribution in [0.25, 0.3) is 11.1 Å². The lowest BCUT2D eigenvalue weighted by Crippen LogP contribution is -2.52. The van der Waals surface area contributed by atoms with Crippen molar-refractivity contribution in [3.8, 4) is 23.0 Å². The van der Waals surface area contributed by atoms with Crippen molar-refractivity contribution >= 4 is 18.0 Å². The number of fused-ring (bicyclic) bond motifs is 3. The van der Waals surface area contributed by atoms with Gasteiger partial charge in [0, 0.05) is 12.3 Å². The zero-order valence-corrected chi connectivity index (χ0v) is 17.5. The molecule has 0 bridgehead atoms. The number of amides is 2. The molecule has 32 heavy (non-hydrogen) atoms. The molecule has 0 saturated heterocycles. The molecule has 1 aliphatic carbocycles. The van der Waals surface area contributed by atoms with Crippen LogP contribution in [0.3, 0.4) is 0 Å². The standard InChI is InChI=1S/C24H24N2O6/c1-2-3-12-20(22(28)25-21(13-27)23(29)30)26-24(31)32-14-19-17-10-6-4-8-15(17)16-9-5-7-11-18(16)19/h4-11,19-21,27H,12-14H2,1H3,(H,25,28)(H,26,31)(H,29,30). The van der Waals surface area contributed by atoms with E-state index in [0.717, 1.165) is 22.3 Å². The van der Waals surface area contributed by atoms with Gasteiger partial charge in [-0.3, -0.25) is 4.79 Å². The number of hydrogen-bond donors (Lipinski definition) is 4. The lowest BCUT2D eigenvalue weighted by atomic mass is 9.98. The number of carbonyl (C=O) groups is 3. The maximum absolute atomic E-state index is 12.5. The summed E-state index contributed by atoms with van der Waals surface area (Å²) >= 11 is 0. The number of aliphatic hydroxyl groups is 1. The second-order valence-electron chi connectivity index (χ2n) is 7.24. The molecule has 2 atom stereocenters. The van der Waals surface area contributed by atoms with E-state index in [1.54, 1.807) is 6.92 Å². The number of alkyl carbamates (subject to hydrolysis) is 1. The number of rotatable bonds is 8. The molecule has 0 spiro atoms. The number of carboxylic acids is 1. The summed E-state index contributed by atoms with van der Waals surface area (Å²) in [6.07, 6.45) is -0.856. The molecule has 2 unspecified atom stereocenters. The Bertz CT molecular complexity index is 1030. The highest BCUT2D eigenvalue weighted by molar-refractivity contribution is 5.89. The molecular weight excluding hydrogens is 412 g/mol. The molecule has 0 heterocycles. The van der Waals surface area contributed by atoms with Crippen LogP contribution in [0.15, 0.2) is 48.5 Å². The van der Waals surface area contributed by atoms with Crippen molar-refractivity contribution in [3.05, 3.63) is 59.7 Å². The smallest absolute Gasteiger partial charge is 0.407 e. The van der Waals surface area contributed by atoms with Gasteiger partial charge in [-0.1, -0.05) is 48.5 Å². The fourth-order valence-electron chi connectivity index (χ4n) is 3.65. The fraction of sp³-hybridized carbons (Fsp3) is 0.292. The summed E-state index contributed by atoms with van der Waals surface area (Å²) in [7, 11) is 0. The molecule has 2 aromatic carbocycles. The number of nitrogens with one attached hydrogen (secondary N) is 2. The highest BCUT2D eigenvalue weighted by Gasteiger charge is 2.30. The topological polar surface area (TPSA) is 125 Å². The largest absolute Gasteiger partial charge is 0.480 e. The van der Waals surface area contributed by atoms with Crippen LogP contribution in [0.4, 0.5) is 4.79 Å². The Balaban J connectivity index is 1.67. The first kappa shape index (κ1) is 22.8. The first-order valence-electron chi connectivity index (χ1n) is 10.1. The average Bonchev–Trinajstić information content (AvgIpc) is 3.12. The average molecular weight is 436 g/mol. The number of benzene rings is 2. The summed E-state index contributed by atoms with van der Waals surface area (Å²) in [5, 5.41) is 22.7. The van der Waals surface area contributed by atoms with E-state index in [4.69, 9.17) is 14.9 Å². The van der Waals surface area contributed by atoms with Crippen molar-refractivity contribution in [1.82, 2.24) is 10.6 Å². The van der Waals surface area contributed by atoms with Crippen LogP contribution in [0.1, 0.15) is 30.4 Å². The van der Waals surface area contributed by atoms with Gasteiger partial charge in [-0.25, -0.2) is 9.59 Å². The minimum atomic E-state index is -1.48. The molecule has 8 heteroatoms. The second-order valence-corrected chi connectivity index (χ2v) is 7.24. The van der Waals surface area contributed by atoms with E-state index in [9.17, 15) is 14.4 Å². The van der Waals surface area contributed by atoms with E-state index in [1.807, 2.05) is 48.5 Å². The predicted molar refractivity (Wildman–Crippen MR) is 117 cm³/mol. The van der Waals surface area contributed by atoms with Crippen LogP contribution in [-0.2, 0) is 14.3 Å². The number of ether oxygens (including phenoxy) is 1. The first-order chi connectivity index (χ1) is 15.5. The van der Waals surface area contributed by atoms with Gasteiger partial charge in [-0.15, -0.1) is 11.8 Å². The van der Waals surface area contributed by atoms with Gasteiger partial charge in [0.25, 0.3) is 0 Å². The highest BCUT2D eigenvalue weighted by Crippen LogP contribution is 2.44. The number of aliphatic carboxylic acids is 1. The number of hydrogen-bond acceptors (Lipinski definition) is 5. The normalized spacial score (nSPS) is 13.6. The van der Waals surface area contributed by atoms with E-state index in [-0.39, 0.29) is 18.9 Å². The van der Waals surface area contributed by atoms with Crippen LogP contribution < -0.4 is 10.6 Å². The quantitative estimate of drug-likeness (QED) is 0.468. The zero-order chi connectivity index (χ0) is 23.1. The van der Waals surface area contributed by atoms with Crippen LogP contribution in [0.5, 0.6) is 0 Å². The Morgan fingerprint density at radius 2 is 1.59 bits per heavy atom. The Morgan fingerprint density at radius 3 is 2.12 bits per heavy atom. The van der Waals surface area contributed by atoms with Gasteiger partial charge in [0.15, 0.2) is 0 Å². The van der Waals surface area contributed by atoms with Crippen LogP contribution in [-0.4, -0.2) is 53.5 Å². The Hall–Kier alpha value is -3.83. The van der Waals surface area contributed by atoms with Gasteiger partial charge in [0.2, 0.25) is 5.91 Å². The van der Waals surface area contributed by atoms with Gasteiger partial charge in [0.05, 0.1) is 6.61 Å². The minimum absolute atomic E-state index is 0.0374. The Labute approximate surface area is 185 Å². The maximum Gasteiger partial charge on any atom is 0.407 e. The van der Waals surface area contributed by atoms with Gasteiger partial charge in [0.1, 0.15) is 18.7 Å². The molecule has 2 aromatic rings. The van der Waals surface area contributed by atoms with Gasteiger partial charge >= 0.3 is 12.1 Å². The molecular formula is C24H24N2O6. The zero-order valence-electron chi connectivity index (χ0n) is 17.5. The summed E-state index contributed by atoms with van der Waals surface area (Å²) < 4.78 is 5.44. The molecule has 1 aliphatic rings. The summed E-state index contributed by atoms with van der Waals surface area (Å²) in [6.45, 7) is 0.871. The van der Waals surface area contributed by atoms with Crippen LogP contribution >= 0.6 is 0 Å². The number of carboxylic acid groups (broad SMARTS) is 1. The summed E-state index contributed by atoms with van der Waals surface area (Å²) in [5.74, 6) is 3.02. The second kappa shape index (κ2) is 10.5. The predicted octanol–water partition coefficient (Wildman–Crippen LogP) is 1.87. The number of carbonyl (C=O) groups excluding carboxylic acids is 2. The molecule has 166 valence electrons. The first-order valence-corrected chi connectivity index (χ1v) is 10.1. The summed E-state index contributed by atoms with van der Waals surface area (Å²) in [5.41, 5.74) is 4.30. The van der Waals surface area contributed by atoms with Crippen molar-refractivity contribution in [2.75, 3.05) is 13.2 Å². The molecule has 0 saturated carbocycles. The molecule has 0 fully saturated rings. The van der Waals surface area contributed by atoms with E-state index >= 15 is 0 Å². The lowest BCUT2D eigenvalue weighted by Gasteiger charge is -2.20. The van der Waals surface area contributed by atoms with Crippen molar-refractivity contribution in [1.29, 1.82) is 0 Å². The Kier molecular flexibility index (Phi) is 7.47. The monoisotopic (exact) mass is 436 g/mol. The summed E-state index contributed by atoms with van der Waals surface area (Å²) in [4.78, 5) is 35.9. The molecule has 2 amide bonds. The molecule has 3 rings (SSSR count). The van der Waals surface area contributed by atoms with E-state index in [1.165, 1.54) is 0 Å². The Morgan fingerprint density at radius 1 is 1.00 bits per heavy atom. The van der Waals surface area contributed by atoms with Crippen molar-refractivity contribution in [3.63, 3.8) is 0 Å².